The molecule has 0 aliphatic carbocycles. The van der Waals surface area contributed by atoms with E-state index >= 15 is 0 Å². The Kier molecular flexibility index (Phi) is 6.74. The molecule has 0 aliphatic rings. The van der Waals surface area contributed by atoms with Crippen molar-refractivity contribution in [2.75, 3.05) is 11.1 Å². The van der Waals surface area contributed by atoms with E-state index in [1.807, 2.05) is 35.8 Å². The number of thioether (sulfide) groups is 1. The van der Waals surface area contributed by atoms with Crippen LogP contribution in [-0.4, -0.2) is 31.4 Å². The molecule has 0 spiro atoms. The van der Waals surface area contributed by atoms with Crippen molar-refractivity contribution >= 4 is 46.6 Å². The minimum Gasteiger partial charge on any atom is -0.323 e. The molecule has 0 aliphatic heterocycles. The summed E-state index contributed by atoms with van der Waals surface area (Å²) in [6.45, 7) is 1.90. The van der Waals surface area contributed by atoms with E-state index in [2.05, 4.69) is 20.5 Å². The second-order valence-electron chi connectivity index (χ2n) is 6.72. The number of carbonyl (C=O) groups excluding carboxylic acids is 1. The number of nitrogens with one attached hydrogen (secondary N) is 1. The Labute approximate surface area is 197 Å². The average Bonchev–Trinajstić information content (AvgIpc) is 3.21. The van der Waals surface area contributed by atoms with Gasteiger partial charge in [-0.25, -0.2) is 4.39 Å². The molecule has 0 saturated heterocycles. The van der Waals surface area contributed by atoms with Crippen LogP contribution in [0.1, 0.15) is 5.56 Å². The molecule has 0 bridgehead atoms. The molecule has 2 aromatic heterocycles. The number of hydrogen-bond donors (Lipinski definition) is 1. The van der Waals surface area contributed by atoms with Crippen LogP contribution in [0.4, 0.5) is 10.1 Å². The molecular weight excluding hydrogens is 472 g/mol. The highest BCUT2D eigenvalue weighted by atomic mass is 35.5. The minimum atomic E-state index is -0.564. The van der Waals surface area contributed by atoms with E-state index in [-0.39, 0.29) is 11.4 Å². The first-order valence-corrected chi connectivity index (χ1v) is 11.2. The zero-order valence-electron chi connectivity index (χ0n) is 16.7. The van der Waals surface area contributed by atoms with E-state index < -0.39 is 11.7 Å². The summed E-state index contributed by atoms with van der Waals surface area (Å²) in [7, 11) is 0. The highest BCUT2D eigenvalue weighted by molar-refractivity contribution is 7.99. The fraction of sp³-hybridized carbons (Fsp3) is 0.0909. The van der Waals surface area contributed by atoms with Crippen molar-refractivity contribution in [3.8, 4) is 17.1 Å². The summed E-state index contributed by atoms with van der Waals surface area (Å²) in [6, 6.07) is 13.2. The van der Waals surface area contributed by atoms with E-state index in [0.717, 1.165) is 16.8 Å². The van der Waals surface area contributed by atoms with Crippen LogP contribution in [0.2, 0.25) is 10.0 Å². The molecule has 0 radical (unpaired) electrons. The lowest BCUT2D eigenvalue weighted by Crippen LogP contribution is -2.15. The van der Waals surface area contributed by atoms with Gasteiger partial charge in [-0.1, -0.05) is 41.0 Å². The Morgan fingerprint density at radius 2 is 1.91 bits per heavy atom. The van der Waals surface area contributed by atoms with Crippen LogP contribution in [0.5, 0.6) is 0 Å². The molecule has 162 valence electrons. The third-order valence-corrected chi connectivity index (χ3v) is 6.16. The quantitative estimate of drug-likeness (QED) is 0.347. The van der Waals surface area contributed by atoms with Crippen molar-refractivity contribution in [2.45, 2.75) is 12.1 Å². The number of pyridine rings is 1. The lowest BCUT2D eigenvalue weighted by Gasteiger charge is -2.14. The van der Waals surface area contributed by atoms with Gasteiger partial charge in [-0.3, -0.25) is 14.3 Å². The van der Waals surface area contributed by atoms with E-state index in [1.54, 1.807) is 18.5 Å². The zero-order valence-corrected chi connectivity index (χ0v) is 19.0. The topological polar surface area (TPSA) is 72.7 Å². The van der Waals surface area contributed by atoms with Gasteiger partial charge in [-0.15, -0.1) is 10.2 Å². The van der Waals surface area contributed by atoms with Gasteiger partial charge in [-0.05, 0) is 55.0 Å². The molecule has 0 saturated carbocycles. The molecule has 6 nitrogen and oxygen atoms in total. The molecule has 10 heteroatoms. The van der Waals surface area contributed by atoms with Crippen LogP contribution in [0.15, 0.2) is 66.1 Å². The number of amides is 1. The first-order valence-electron chi connectivity index (χ1n) is 9.43. The molecule has 32 heavy (non-hydrogen) atoms. The maximum atomic E-state index is 13.9. The van der Waals surface area contributed by atoms with Crippen LogP contribution in [0.3, 0.4) is 0 Å². The highest BCUT2D eigenvalue weighted by Gasteiger charge is 2.19. The lowest BCUT2D eigenvalue weighted by molar-refractivity contribution is -0.113. The monoisotopic (exact) mass is 487 g/mol. The van der Waals surface area contributed by atoms with Crippen molar-refractivity contribution in [3.05, 3.63) is 82.4 Å². The van der Waals surface area contributed by atoms with Crippen LogP contribution in [0.25, 0.3) is 17.1 Å². The fourth-order valence-corrected chi connectivity index (χ4v) is 4.10. The summed E-state index contributed by atoms with van der Waals surface area (Å²) in [5.41, 5.74) is 2.46. The van der Waals surface area contributed by atoms with Crippen LogP contribution in [0, 0.1) is 12.7 Å². The molecule has 1 amide bonds. The Bertz CT molecular complexity index is 1280. The summed E-state index contributed by atoms with van der Waals surface area (Å²) in [6.07, 6.45) is 3.33. The predicted octanol–water partition coefficient (Wildman–Crippen LogP) is 5.81. The Morgan fingerprint density at radius 1 is 1.12 bits per heavy atom. The third kappa shape index (κ3) is 4.77. The molecular formula is C22H16Cl2FN5OS. The van der Waals surface area contributed by atoms with Gasteiger partial charge >= 0.3 is 0 Å². The number of hydrogen-bond acceptors (Lipinski definition) is 5. The summed E-state index contributed by atoms with van der Waals surface area (Å²) >= 11 is 13.4. The maximum Gasteiger partial charge on any atom is 0.234 e. The van der Waals surface area contributed by atoms with Crippen molar-refractivity contribution < 1.29 is 9.18 Å². The van der Waals surface area contributed by atoms with Crippen LogP contribution < -0.4 is 5.32 Å². The van der Waals surface area contributed by atoms with Gasteiger partial charge in [0.2, 0.25) is 5.91 Å². The molecule has 0 unspecified atom stereocenters. The highest BCUT2D eigenvalue weighted by Crippen LogP contribution is 2.31. The molecule has 2 aromatic carbocycles. The molecule has 4 rings (SSSR count). The molecule has 0 fully saturated rings. The van der Waals surface area contributed by atoms with Gasteiger partial charge < -0.3 is 5.32 Å². The van der Waals surface area contributed by atoms with Crippen molar-refractivity contribution in [3.63, 3.8) is 0 Å². The van der Waals surface area contributed by atoms with Gasteiger partial charge in [0.1, 0.15) is 5.82 Å². The molecule has 4 aromatic rings. The minimum absolute atomic E-state index is 0.0138. The number of benzene rings is 2. The molecule has 1 N–H and O–H groups in total. The zero-order chi connectivity index (χ0) is 22.7. The second kappa shape index (κ2) is 9.68. The van der Waals surface area contributed by atoms with Gasteiger partial charge in [0.15, 0.2) is 11.0 Å². The third-order valence-electron chi connectivity index (χ3n) is 4.59. The van der Waals surface area contributed by atoms with Crippen molar-refractivity contribution in [2.24, 2.45) is 0 Å². The van der Waals surface area contributed by atoms with Gasteiger partial charge in [0.25, 0.3) is 0 Å². The van der Waals surface area contributed by atoms with E-state index in [0.29, 0.717) is 21.0 Å². The van der Waals surface area contributed by atoms with Crippen LogP contribution >= 0.6 is 35.0 Å². The summed E-state index contributed by atoms with van der Waals surface area (Å²) in [4.78, 5) is 16.5. The largest absolute Gasteiger partial charge is 0.323 e. The summed E-state index contributed by atoms with van der Waals surface area (Å²) < 4.78 is 15.8. The maximum absolute atomic E-state index is 13.9. The van der Waals surface area contributed by atoms with Crippen LogP contribution in [-0.2, 0) is 4.79 Å². The number of anilines is 1. The Hall–Kier alpha value is -2.94. The van der Waals surface area contributed by atoms with E-state index in [1.165, 1.54) is 30.0 Å². The van der Waals surface area contributed by atoms with Crippen molar-refractivity contribution in [1.29, 1.82) is 0 Å². The SMILES string of the molecule is Cc1c(Cl)cccc1-n1c(SCC(=O)Nc2cc(Cl)ccc2F)nnc1-c1ccncc1. The Morgan fingerprint density at radius 3 is 2.69 bits per heavy atom. The fourth-order valence-electron chi connectivity index (χ4n) is 3.02. The number of carbonyl (C=O) groups is 1. The molecule has 0 atom stereocenters. The first kappa shape index (κ1) is 22.3. The predicted molar refractivity (Wildman–Crippen MR) is 125 cm³/mol. The lowest BCUT2D eigenvalue weighted by atomic mass is 10.2. The summed E-state index contributed by atoms with van der Waals surface area (Å²) in [5, 5.41) is 12.6. The van der Waals surface area contributed by atoms with E-state index in [4.69, 9.17) is 23.2 Å². The standard InChI is InChI=1S/C22H16Cl2FN5OS/c1-13-16(24)3-2-4-19(13)30-21(14-7-9-26-10-8-14)28-29-22(30)32-12-20(31)27-18-11-15(23)5-6-17(18)25/h2-11H,12H2,1H3,(H,27,31). The van der Waals surface area contributed by atoms with E-state index in [9.17, 15) is 9.18 Å². The smallest absolute Gasteiger partial charge is 0.234 e. The number of nitrogens with zero attached hydrogens (tertiary/aromatic N) is 4. The number of halogens is 3. The number of rotatable bonds is 6. The Balaban J connectivity index is 1.64. The van der Waals surface area contributed by atoms with Gasteiger partial charge in [0.05, 0.1) is 17.1 Å². The first-order chi connectivity index (χ1) is 15.4. The second-order valence-corrected chi connectivity index (χ2v) is 8.51. The normalized spacial score (nSPS) is 10.9. The molecule has 2 heterocycles. The number of aromatic nitrogens is 4. The van der Waals surface area contributed by atoms with Gasteiger partial charge in [-0.2, -0.15) is 0 Å². The van der Waals surface area contributed by atoms with Gasteiger partial charge in [0, 0.05) is 28.0 Å². The average molecular weight is 488 g/mol. The summed E-state index contributed by atoms with van der Waals surface area (Å²) in [5.74, 6) is -0.397. The van der Waals surface area contributed by atoms with Crippen molar-refractivity contribution in [1.82, 2.24) is 19.7 Å².